The van der Waals surface area contributed by atoms with Crippen molar-refractivity contribution in [2.45, 2.75) is 4.90 Å². The van der Waals surface area contributed by atoms with Crippen molar-refractivity contribution in [2.24, 2.45) is 4.99 Å². The first-order valence-corrected chi connectivity index (χ1v) is 4.65. The van der Waals surface area contributed by atoms with Crippen LogP contribution < -0.4 is 0 Å². The highest BCUT2D eigenvalue weighted by Gasteiger charge is 1.97. The third-order valence-electron chi connectivity index (χ3n) is 1.25. The Morgan fingerprint density at radius 1 is 1.45 bits per heavy atom. The topological polar surface area (TPSA) is 12.4 Å². The Morgan fingerprint density at radius 3 is 2.82 bits per heavy atom. The predicted octanol–water partition coefficient (Wildman–Crippen LogP) is 3.31. The molecule has 0 amide bonds. The van der Waals surface area contributed by atoms with Gasteiger partial charge in [-0.15, -0.1) is 23.4 Å². The molecular formula is C8H8ClNS. The van der Waals surface area contributed by atoms with E-state index in [4.69, 9.17) is 11.6 Å². The van der Waals surface area contributed by atoms with Gasteiger partial charge in [0.15, 0.2) is 0 Å². The van der Waals surface area contributed by atoms with Gasteiger partial charge in [0.1, 0.15) is 0 Å². The molecule has 0 spiro atoms. The maximum atomic E-state index is 5.57. The average Bonchev–Trinajstić information content (AvgIpc) is 2.06. The molecule has 0 saturated carbocycles. The van der Waals surface area contributed by atoms with Gasteiger partial charge in [-0.2, -0.15) is 0 Å². The summed E-state index contributed by atoms with van der Waals surface area (Å²) < 4.78 is 0. The second kappa shape index (κ2) is 4.42. The number of hydrogen-bond donors (Lipinski definition) is 0. The lowest BCUT2D eigenvalue weighted by molar-refractivity contribution is 1.39. The minimum absolute atomic E-state index is 0.548. The van der Waals surface area contributed by atoms with Crippen molar-refractivity contribution in [3.8, 4) is 0 Å². The largest absolute Gasteiger partial charge is 0.263 e. The van der Waals surface area contributed by atoms with Gasteiger partial charge in [0, 0.05) is 4.90 Å². The smallest absolute Gasteiger partial charge is 0.0758 e. The van der Waals surface area contributed by atoms with Crippen LogP contribution in [-0.2, 0) is 0 Å². The van der Waals surface area contributed by atoms with Gasteiger partial charge in [0.05, 0.1) is 10.9 Å². The third-order valence-corrected chi connectivity index (χ3v) is 2.34. The van der Waals surface area contributed by atoms with Gasteiger partial charge in [-0.3, -0.25) is 4.99 Å². The maximum absolute atomic E-state index is 5.57. The molecule has 0 aliphatic rings. The first kappa shape index (κ1) is 8.62. The molecule has 0 aliphatic heterocycles. The molecule has 11 heavy (non-hydrogen) atoms. The first-order chi connectivity index (χ1) is 5.38. The van der Waals surface area contributed by atoms with E-state index >= 15 is 0 Å². The molecule has 0 bridgehead atoms. The number of nitrogens with zero attached hydrogens (tertiary/aromatic N) is 1. The Bertz CT molecular complexity index is 250. The van der Waals surface area contributed by atoms with Gasteiger partial charge in [0.2, 0.25) is 0 Å². The van der Waals surface area contributed by atoms with Crippen LogP contribution in [0, 0.1) is 0 Å². The molecule has 0 saturated heterocycles. The molecular weight excluding hydrogens is 178 g/mol. The summed E-state index contributed by atoms with van der Waals surface area (Å²) >= 11 is 7.12. The summed E-state index contributed by atoms with van der Waals surface area (Å²) in [4.78, 5) is 4.94. The lowest BCUT2D eigenvalue weighted by Crippen LogP contribution is -1.71. The fourth-order valence-corrected chi connectivity index (χ4v) is 1.69. The van der Waals surface area contributed by atoms with E-state index in [1.807, 2.05) is 24.3 Å². The van der Waals surface area contributed by atoms with Crippen LogP contribution in [0.4, 0.5) is 5.69 Å². The van der Waals surface area contributed by atoms with Gasteiger partial charge in [-0.05, 0) is 18.9 Å². The van der Waals surface area contributed by atoms with Crippen LogP contribution >= 0.6 is 23.4 Å². The predicted molar refractivity (Wildman–Crippen MR) is 52.2 cm³/mol. The number of rotatable bonds is 3. The monoisotopic (exact) mass is 185 g/mol. The lowest BCUT2D eigenvalue weighted by Gasteiger charge is -2.00. The van der Waals surface area contributed by atoms with Crippen LogP contribution in [0.25, 0.3) is 0 Å². The molecule has 1 rings (SSSR count). The fourth-order valence-electron chi connectivity index (χ4n) is 0.769. The second-order valence-corrected chi connectivity index (χ2v) is 3.48. The van der Waals surface area contributed by atoms with Gasteiger partial charge < -0.3 is 0 Å². The zero-order valence-electron chi connectivity index (χ0n) is 5.96. The normalized spacial score (nSPS) is 9.55. The number of halogens is 1. The molecule has 0 aliphatic carbocycles. The zero-order chi connectivity index (χ0) is 8.10. The molecule has 0 atom stereocenters. The molecule has 0 fully saturated rings. The first-order valence-electron chi connectivity index (χ1n) is 3.13. The minimum atomic E-state index is 0.548. The Hall–Kier alpha value is -0.470. The van der Waals surface area contributed by atoms with E-state index in [-0.39, 0.29) is 0 Å². The Morgan fingerprint density at radius 2 is 2.18 bits per heavy atom. The lowest BCUT2D eigenvalue weighted by atomic mass is 10.3. The zero-order valence-corrected chi connectivity index (χ0v) is 7.53. The highest BCUT2D eigenvalue weighted by Crippen LogP contribution is 2.28. The molecule has 0 heterocycles. The average molecular weight is 186 g/mol. The van der Waals surface area contributed by atoms with E-state index in [1.165, 1.54) is 0 Å². The number of aliphatic imine (C=N–C) groups is 1. The SMILES string of the molecule is C=Nc1ccccc1SCCl. The number of alkyl halides is 1. The second-order valence-electron chi connectivity index (χ2n) is 1.88. The summed E-state index contributed by atoms with van der Waals surface area (Å²) in [6, 6.07) is 7.80. The van der Waals surface area contributed by atoms with Crippen molar-refractivity contribution in [3.63, 3.8) is 0 Å². The van der Waals surface area contributed by atoms with Crippen molar-refractivity contribution in [3.05, 3.63) is 24.3 Å². The van der Waals surface area contributed by atoms with Crippen molar-refractivity contribution in [1.29, 1.82) is 0 Å². The molecule has 0 unspecified atom stereocenters. The van der Waals surface area contributed by atoms with Crippen LogP contribution in [0.3, 0.4) is 0 Å². The highest BCUT2D eigenvalue weighted by molar-refractivity contribution is 8.00. The summed E-state index contributed by atoms with van der Waals surface area (Å²) in [5.41, 5.74) is 0.901. The van der Waals surface area contributed by atoms with Crippen LogP contribution in [0.1, 0.15) is 0 Å². The number of para-hydroxylation sites is 1. The van der Waals surface area contributed by atoms with Crippen molar-refractivity contribution in [1.82, 2.24) is 0 Å². The fraction of sp³-hybridized carbons (Fsp3) is 0.125. The molecule has 1 nitrogen and oxygen atoms in total. The third kappa shape index (κ3) is 2.24. The summed E-state index contributed by atoms with van der Waals surface area (Å²) in [5, 5.41) is 0.548. The number of thioether (sulfide) groups is 1. The Labute approximate surface area is 75.5 Å². The van der Waals surface area contributed by atoms with Crippen molar-refractivity contribution in [2.75, 3.05) is 5.21 Å². The summed E-state index contributed by atoms with van der Waals surface area (Å²) in [7, 11) is 0. The number of benzene rings is 1. The van der Waals surface area contributed by atoms with E-state index in [9.17, 15) is 0 Å². The summed E-state index contributed by atoms with van der Waals surface area (Å²) in [6.07, 6.45) is 0. The van der Waals surface area contributed by atoms with E-state index in [0.29, 0.717) is 5.21 Å². The maximum Gasteiger partial charge on any atom is 0.0758 e. The van der Waals surface area contributed by atoms with Crippen molar-refractivity contribution < 1.29 is 0 Å². The quantitative estimate of drug-likeness (QED) is 0.400. The summed E-state index contributed by atoms with van der Waals surface area (Å²) in [5.74, 6) is 0. The van der Waals surface area contributed by atoms with Gasteiger partial charge >= 0.3 is 0 Å². The van der Waals surface area contributed by atoms with Crippen LogP contribution in [0.15, 0.2) is 34.2 Å². The van der Waals surface area contributed by atoms with Gasteiger partial charge in [-0.1, -0.05) is 12.1 Å². The standard InChI is InChI=1S/C8H8ClNS/c1-10-7-4-2-3-5-8(7)11-6-9/h2-5H,1,6H2. The van der Waals surface area contributed by atoms with Crippen LogP contribution in [0.5, 0.6) is 0 Å². The number of hydrogen-bond acceptors (Lipinski definition) is 2. The molecule has 58 valence electrons. The molecule has 1 aromatic carbocycles. The summed E-state index contributed by atoms with van der Waals surface area (Å²) in [6.45, 7) is 3.47. The highest BCUT2D eigenvalue weighted by atomic mass is 35.5. The van der Waals surface area contributed by atoms with E-state index < -0.39 is 0 Å². The van der Waals surface area contributed by atoms with Gasteiger partial charge in [-0.25, -0.2) is 0 Å². The molecule has 0 radical (unpaired) electrons. The Balaban J connectivity index is 2.92. The minimum Gasteiger partial charge on any atom is -0.263 e. The Kier molecular flexibility index (Phi) is 3.46. The van der Waals surface area contributed by atoms with Crippen LogP contribution in [0.2, 0.25) is 0 Å². The molecule has 0 aromatic heterocycles. The van der Waals surface area contributed by atoms with Crippen molar-refractivity contribution >= 4 is 35.8 Å². The molecule has 3 heteroatoms. The van der Waals surface area contributed by atoms with Crippen LogP contribution in [-0.4, -0.2) is 11.9 Å². The van der Waals surface area contributed by atoms with E-state index in [1.54, 1.807) is 11.8 Å². The van der Waals surface area contributed by atoms with E-state index in [2.05, 4.69) is 11.7 Å². The van der Waals surface area contributed by atoms with E-state index in [0.717, 1.165) is 10.6 Å². The molecule has 1 aromatic rings. The molecule has 0 N–H and O–H groups in total. The van der Waals surface area contributed by atoms with Gasteiger partial charge in [0.25, 0.3) is 0 Å².